The van der Waals surface area contributed by atoms with Crippen LogP contribution in [0.25, 0.3) is 0 Å². The molecule has 0 atom stereocenters. The van der Waals surface area contributed by atoms with Gasteiger partial charge in [0.25, 0.3) is 10.0 Å². The molecule has 124 valence electrons. The predicted molar refractivity (Wildman–Crippen MR) is 86.2 cm³/mol. The quantitative estimate of drug-likeness (QED) is 0.877. The van der Waals surface area contributed by atoms with E-state index < -0.39 is 10.0 Å². The number of rotatable bonds is 5. The van der Waals surface area contributed by atoms with Crippen LogP contribution in [0.1, 0.15) is 18.4 Å². The molecule has 3 heterocycles. The molecule has 0 radical (unpaired) electrons. The predicted octanol–water partition coefficient (Wildman–Crippen LogP) is 0.874. The van der Waals surface area contributed by atoms with Crippen LogP contribution >= 0.6 is 0 Å². The fraction of sp³-hybridized carbons (Fsp3) is 0.467. The van der Waals surface area contributed by atoms with Gasteiger partial charge < -0.3 is 4.98 Å². The Bertz CT molecular complexity index is 736. The number of H-pyrrole nitrogens is 1. The topological polar surface area (TPSA) is 82.2 Å². The highest BCUT2D eigenvalue weighted by atomic mass is 32.2. The number of aromatic amines is 1. The van der Waals surface area contributed by atoms with Crippen LogP contribution in [0.2, 0.25) is 0 Å². The van der Waals surface area contributed by atoms with Gasteiger partial charge >= 0.3 is 0 Å². The number of piperazine rings is 1. The van der Waals surface area contributed by atoms with Gasteiger partial charge in [-0.05, 0) is 12.1 Å². The first-order valence-corrected chi connectivity index (χ1v) is 9.20. The lowest BCUT2D eigenvalue weighted by atomic mass is 10.3. The van der Waals surface area contributed by atoms with Crippen molar-refractivity contribution in [3.63, 3.8) is 0 Å². The number of aromatic nitrogens is 3. The molecule has 7 nitrogen and oxygen atoms in total. The fourth-order valence-electron chi connectivity index (χ4n) is 2.64. The fourth-order valence-corrected chi connectivity index (χ4v) is 4.00. The molecule has 1 saturated heterocycles. The molecule has 23 heavy (non-hydrogen) atoms. The van der Waals surface area contributed by atoms with Gasteiger partial charge in [-0.2, -0.15) is 4.31 Å². The summed E-state index contributed by atoms with van der Waals surface area (Å²) in [6, 6.07) is 5.84. The van der Waals surface area contributed by atoms with E-state index >= 15 is 0 Å². The van der Waals surface area contributed by atoms with Crippen molar-refractivity contribution in [2.24, 2.45) is 0 Å². The zero-order valence-corrected chi connectivity index (χ0v) is 14.0. The van der Waals surface area contributed by atoms with Gasteiger partial charge in [-0.15, -0.1) is 0 Å². The first-order chi connectivity index (χ1) is 11.1. The van der Waals surface area contributed by atoms with Crippen molar-refractivity contribution < 1.29 is 8.42 Å². The van der Waals surface area contributed by atoms with Gasteiger partial charge in [0.1, 0.15) is 5.82 Å². The maximum atomic E-state index is 12.6. The van der Waals surface area contributed by atoms with Gasteiger partial charge in [-0.25, -0.2) is 13.4 Å². The van der Waals surface area contributed by atoms with Crippen LogP contribution < -0.4 is 0 Å². The van der Waals surface area contributed by atoms with Gasteiger partial charge in [0.15, 0.2) is 5.03 Å². The minimum absolute atomic E-state index is 0.188. The molecular formula is C15H21N5O2S. The van der Waals surface area contributed by atoms with E-state index in [0.717, 1.165) is 12.2 Å². The average Bonchev–Trinajstić information content (AvgIpc) is 3.06. The van der Waals surface area contributed by atoms with Gasteiger partial charge in [-0.3, -0.25) is 9.88 Å². The van der Waals surface area contributed by atoms with Gasteiger partial charge in [0, 0.05) is 45.3 Å². The largest absolute Gasteiger partial charge is 0.332 e. The molecule has 2 aromatic heterocycles. The molecule has 1 aliphatic rings. The summed E-state index contributed by atoms with van der Waals surface area (Å²) < 4.78 is 26.7. The van der Waals surface area contributed by atoms with Crippen LogP contribution in [0.4, 0.5) is 0 Å². The summed E-state index contributed by atoms with van der Waals surface area (Å²) in [6.45, 7) is 5.05. The van der Waals surface area contributed by atoms with E-state index in [1.165, 1.54) is 10.5 Å². The number of pyridine rings is 1. The van der Waals surface area contributed by atoms with Crippen LogP contribution in [0.5, 0.6) is 0 Å². The summed E-state index contributed by atoms with van der Waals surface area (Å²) >= 11 is 0. The third-order valence-corrected chi connectivity index (χ3v) is 5.81. The molecule has 0 aromatic carbocycles. The molecule has 1 N–H and O–H groups in total. The lowest BCUT2D eigenvalue weighted by Gasteiger charge is -2.33. The summed E-state index contributed by atoms with van der Waals surface area (Å²) in [5.74, 6) is 0.692. The monoisotopic (exact) mass is 335 g/mol. The van der Waals surface area contributed by atoms with Gasteiger partial charge in [-0.1, -0.05) is 13.0 Å². The van der Waals surface area contributed by atoms with Gasteiger partial charge in [0.2, 0.25) is 0 Å². The molecule has 0 aliphatic carbocycles. The number of imidazole rings is 1. The maximum absolute atomic E-state index is 12.6. The van der Waals surface area contributed by atoms with E-state index in [9.17, 15) is 8.42 Å². The second-order valence-electron chi connectivity index (χ2n) is 5.55. The highest BCUT2D eigenvalue weighted by molar-refractivity contribution is 7.89. The van der Waals surface area contributed by atoms with Crippen LogP contribution in [0.3, 0.4) is 0 Å². The van der Waals surface area contributed by atoms with Crippen molar-refractivity contribution in [1.29, 1.82) is 0 Å². The van der Waals surface area contributed by atoms with Crippen molar-refractivity contribution in [3.8, 4) is 0 Å². The van der Waals surface area contributed by atoms with E-state index in [1.807, 2.05) is 25.1 Å². The Balaban J connectivity index is 1.62. The lowest BCUT2D eigenvalue weighted by molar-refractivity contribution is 0.179. The van der Waals surface area contributed by atoms with Crippen LogP contribution in [0.15, 0.2) is 35.6 Å². The molecule has 0 bridgehead atoms. The van der Waals surface area contributed by atoms with E-state index in [4.69, 9.17) is 0 Å². The average molecular weight is 335 g/mol. The second kappa shape index (κ2) is 6.77. The van der Waals surface area contributed by atoms with Crippen molar-refractivity contribution in [1.82, 2.24) is 24.2 Å². The second-order valence-corrected chi connectivity index (χ2v) is 7.46. The Hall–Kier alpha value is -1.77. The highest BCUT2D eigenvalue weighted by Crippen LogP contribution is 2.16. The van der Waals surface area contributed by atoms with Crippen molar-refractivity contribution in [2.45, 2.75) is 24.9 Å². The van der Waals surface area contributed by atoms with Crippen LogP contribution in [0, 0.1) is 0 Å². The normalized spacial score (nSPS) is 17.4. The SMILES string of the molecule is CCc1ncc(S(=O)(=O)N2CCN(Cc3ccccn3)CC2)[nH]1. The summed E-state index contributed by atoms with van der Waals surface area (Å²) in [5.41, 5.74) is 1.00. The zero-order chi connectivity index (χ0) is 16.3. The summed E-state index contributed by atoms with van der Waals surface area (Å²) in [5, 5.41) is 0.188. The van der Waals surface area contributed by atoms with Crippen molar-refractivity contribution >= 4 is 10.0 Å². The van der Waals surface area contributed by atoms with Gasteiger partial charge in [0.05, 0.1) is 11.9 Å². The third kappa shape index (κ3) is 3.60. The number of aryl methyl sites for hydroxylation is 1. The summed E-state index contributed by atoms with van der Waals surface area (Å²) in [4.78, 5) is 13.5. The minimum atomic E-state index is -3.47. The molecular weight excluding hydrogens is 314 g/mol. The maximum Gasteiger partial charge on any atom is 0.260 e. The smallest absolute Gasteiger partial charge is 0.260 e. The van der Waals surface area contributed by atoms with E-state index in [0.29, 0.717) is 38.4 Å². The Labute approximate surface area is 136 Å². The number of hydrogen-bond acceptors (Lipinski definition) is 5. The van der Waals surface area contributed by atoms with Crippen molar-refractivity contribution in [3.05, 3.63) is 42.1 Å². The number of nitrogens with one attached hydrogen (secondary N) is 1. The molecule has 2 aromatic rings. The molecule has 3 rings (SSSR count). The third-order valence-electron chi connectivity index (χ3n) is 4.00. The zero-order valence-electron chi connectivity index (χ0n) is 13.1. The Morgan fingerprint density at radius 1 is 1.17 bits per heavy atom. The molecule has 0 unspecified atom stereocenters. The summed E-state index contributed by atoms with van der Waals surface area (Å²) in [6.07, 6.45) is 3.88. The van der Waals surface area contributed by atoms with E-state index in [2.05, 4.69) is 19.9 Å². The first kappa shape index (κ1) is 16.1. The molecule has 0 spiro atoms. The standard InChI is InChI=1S/C15H21N5O2S/c1-2-14-17-11-15(18-14)23(21,22)20-9-7-19(8-10-20)12-13-5-3-4-6-16-13/h3-6,11H,2,7-10,12H2,1H3,(H,17,18). The van der Waals surface area contributed by atoms with E-state index in [-0.39, 0.29) is 5.03 Å². The Morgan fingerprint density at radius 2 is 1.96 bits per heavy atom. The minimum Gasteiger partial charge on any atom is -0.332 e. The molecule has 0 amide bonds. The number of nitrogens with zero attached hydrogens (tertiary/aromatic N) is 4. The van der Waals surface area contributed by atoms with E-state index in [1.54, 1.807) is 6.20 Å². The molecule has 1 fully saturated rings. The first-order valence-electron chi connectivity index (χ1n) is 7.76. The molecule has 0 saturated carbocycles. The Kier molecular flexibility index (Phi) is 4.74. The summed E-state index contributed by atoms with van der Waals surface area (Å²) in [7, 11) is -3.47. The van der Waals surface area contributed by atoms with Crippen molar-refractivity contribution in [2.75, 3.05) is 26.2 Å². The molecule has 1 aliphatic heterocycles. The number of hydrogen-bond donors (Lipinski definition) is 1. The number of sulfonamides is 1. The highest BCUT2D eigenvalue weighted by Gasteiger charge is 2.29. The molecule has 8 heteroatoms. The lowest BCUT2D eigenvalue weighted by Crippen LogP contribution is -2.48. The van der Waals surface area contributed by atoms with Crippen LogP contribution in [-0.2, 0) is 23.0 Å². The Morgan fingerprint density at radius 3 is 2.57 bits per heavy atom. The van der Waals surface area contributed by atoms with Crippen LogP contribution in [-0.4, -0.2) is 58.8 Å².